The highest BCUT2D eigenvalue weighted by molar-refractivity contribution is 4.79. The van der Waals surface area contributed by atoms with Gasteiger partial charge in [-0.3, -0.25) is 0 Å². The Balaban J connectivity index is 3.51. The van der Waals surface area contributed by atoms with Gasteiger partial charge in [0.2, 0.25) is 0 Å². The maximum atomic E-state index is 5.92. The summed E-state index contributed by atoms with van der Waals surface area (Å²) in [6.07, 6.45) is 34.4. The van der Waals surface area contributed by atoms with E-state index in [-0.39, 0.29) is 0 Å². The number of unbranched alkanes of at least 4 members (excludes halogenated alkanes) is 20. The Labute approximate surface area is 205 Å². The summed E-state index contributed by atoms with van der Waals surface area (Å²) in [4.78, 5) is 0. The van der Waals surface area contributed by atoms with Gasteiger partial charge in [0, 0.05) is 7.11 Å². The lowest BCUT2D eigenvalue weighted by Crippen LogP contribution is -2.31. The van der Waals surface area contributed by atoms with Gasteiger partial charge in [0.05, 0.1) is 6.10 Å². The van der Waals surface area contributed by atoms with E-state index in [4.69, 9.17) is 4.74 Å². The van der Waals surface area contributed by atoms with Crippen LogP contribution in [0.4, 0.5) is 0 Å². The molecule has 0 amide bonds. The Kier molecular flexibility index (Phi) is 24.1. The van der Waals surface area contributed by atoms with Gasteiger partial charge in [0.25, 0.3) is 0 Å². The third kappa shape index (κ3) is 20.6. The molecule has 1 heteroatoms. The summed E-state index contributed by atoms with van der Waals surface area (Å²) in [7, 11) is 1.93. The Bertz CT molecular complexity index is 348. The van der Waals surface area contributed by atoms with E-state index in [1.807, 2.05) is 7.11 Å². The molecular formula is C31H64O. The Hall–Kier alpha value is -0.0400. The van der Waals surface area contributed by atoms with Crippen molar-refractivity contribution in [2.75, 3.05) is 7.11 Å². The molecule has 0 aliphatic rings. The van der Waals surface area contributed by atoms with Gasteiger partial charge in [0.1, 0.15) is 0 Å². The molecule has 0 heterocycles. The van der Waals surface area contributed by atoms with Crippen molar-refractivity contribution in [1.82, 2.24) is 0 Å². The fraction of sp³-hybridized carbons (Fsp3) is 1.00. The molecule has 0 bridgehead atoms. The lowest BCUT2D eigenvalue weighted by atomic mass is 9.79. The van der Waals surface area contributed by atoms with Crippen molar-refractivity contribution in [1.29, 1.82) is 0 Å². The first-order valence-corrected chi connectivity index (χ1v) is 15.1. The van der Waals surface area contributed by atoms with Crippen LogP contribution in [0.15, 0.2) is 0 Å². The number of ether oxygens (including phenoxy) is 1. The molecule has 194 valence electrons. The quantitative estimate of drug-likeness (QED) is 0.119. The maximum absolute atomic E-state index is 5.92. The predicted octanol–water partition coefficient (Wildman–Crippen LogP) is 11.4. The highest BCUT2D eigenvalue weighted by Crippen LogP contribution is 2.33. The minimum absolute atomic E-state index is 0.328. The average molecular weight is 453 g/mol. The van der Waals surface area contributed by atoms with Crippen LogP contribution in [0.5, 0.6) is 0 Å². The van der Waals surface area contributed by atoms with Gasteiger partial charge in [-0.2, -0.15) is 0 Å². The second-order valence-electron chi connectivity index (χ2n) is 11.3. The van der Waals surface area contributed by atoms with Crippen LogP contribution >= 0.6 is 0 Å². The van der Waals surface area contributed by atoms with E-state index >= 15 is 0 Å². The normalized spacial score (nSPS) is 13.0. The van der Waals surface area contributed by atoms with Gasteiger partial charge in [-0.1, -0.05) is 169 Å². The van der Waals surface area contributed by atoms with Crippen LogP contribution in [0.3, 0.4) is 0 Å². The van der Waals surface area contributed by atoms with Crippen molar-refractivity contribution < 1.29 is 4.74 Å². The van der Waals surface area contributed by atoms with Gasteiger partial charge in [-0.05, 0) is 18.3 Å². The molecular weight excluding hydrogens is 388 g/mol. The molecule has 0 N–H and O–H groups in total. The van der Waals surface area contributed by atoms with E-state index in [1.54, 1.807) is 0 Å². The van der Waals surface area contributed by atoms with E-state index in [2.05, 4.69) is 27.7 Å². The molecule has 0 saturated carbocycles. The molecule has 0 rings (SSSR count). The zero-order chi connectivity index (χ0) is 23.8. The molecule has 0 aromatic carbocycles. The van der Waals surface area contributed by atoms with E-state index < -0.39 is 0 Å². The highest BCUT2D eigenvalue weighted by atomic mass is 16.5. The molecule has 0 aliphatic carbocycles. The molecule has 0 aromatic rings. The molecule has 0 radical (unpaired) electrons. The maximum Gasteiger partial charge on any atom is 0.0622 e. The number of rotatable bonds is 26. The molecule has 1 nitrogen and oxygen atoms in total. The Morgan fingerprint density at radius 3 is 1.12 bits per heavy atom. The lowest BCUT2D eigenvalue weighted by molar-refractivity contribution is -0.00630. The summed E-state index contributed by atoms with van der Waals surface area (Å²) >= 11 is 0. The van der Waals surface area contributed by atoms with Crippen molar-refractivity contribution in [2.45, 2.75) is 188 Å². The minimum atomic E-state index is 0.328. The first-order valence-electron chi connectivity index (χ1n) is 15.1. The predicted molar refractivity (Wildman–Crippen MR) is 147 cm³/mol. The van der Waals surface area contributed by atoms with Crippen molar-refractivity contribution in [2.24, 2.45) is 5.41 Å². The van der Waals surface area contributed by atoms with Crippen LogP contribution in [0.2, 0.25) is 0 Å². The van der Waals surface area contributed by atoms with Gasteiger partial charge in [0.15, 0.2) is 0 Å². The summed E-state index contributed by atoms with van der Waals surface area (Å²) in [5.74, 6) is 0. The highest BCUT2D eigenvalue weighted by Gasteiger charge is 2.28. The second-order valence-corrected chi connectivity index (χ2v) is 11.3. The molecule has 0 saturated heterocycles. The summed E-state index contributed by atoms with van der Waals surface area (Å²) in [6.45, 7) is 9.46. The largest absolute Gasteiger partial charge is 0.381 e. The Morgan fingerprint density at radius 1 is 0.469 bits per heavy atom. The monoisotopic (exact) mass is 452 g/mol. The number of hydrogen-bond acceptors (Lipinski definition) is 1. The SMILES string of the molecule is CCCCCCCCCCCCCCCCCCC(C)(C)C(CCCCCCCC)OC. The standard InChI is InChI=1S/C31H64O/c1-6-8-10-12-14-15-16-17-18-19-20-21-22-23-25-27-29-31(3,4)30(32-5)28-26-24-13-11-9-7-2/h30H,6-29H2,1-5H3. The molecule has 0 aliphatic heterocycles. The van der Waals surface area contributed by atoms with Crippen molar-refractivity contribution in [3.05, 3.63) is 0 Å². The molecule has 1 unspecified atom stereocenters. The van der Waals surface area contributed by atoms with Crippen LogP contribution in [0.1, 0.15) is 182 Å². The average Bonchev–Trinajstić information content (AvgIpc) is 2.78. The first-order chi connectivity index (χ1) is 15.6. The summed E-state index contributed by atoms with van der Waals surface area (Å²) < 4.78 is 5.92. The van der Waals surface area contributed by atoms with Crippen LogP contribution in [0, 0.1) is 5.41 Å². The van der Waals surface area contributed by atoms with E-state index in [1.165, 1.54) is 154 Å². The van der Waals surface area contributed by atoms with Gasteiger partial charge in [-0.15, -0.1) is 0 Å². The van der Waals surface area contributed by atoms with E-state index in [0.29, 0.717) is 11.5 Å². The molecule has 0 spiro atoms. The van der Waals surface area contributed by atoms with Crippen LogP contribution < -0.4 is 0 Å². The smallest absolute Gasteiger partial charge is 0.0622 e. The summed E-state index contributed by atoms with van der Waals surface area (Å²) in [5.41, 5.74) is 0.328. The summed E-state index contributed by atoms with van der Waals surface area (Å²) in [5, 5.41) is 0. The van der Waals surface area contributed by atoms with Crippen molar-refractivity contribution in [3.63, 3.8) is 0 Å². The first kappa shape index (κ1) is 32.0. The summed E-state index contributed by atoms with van der Waals surface area (Å²) in [6, 6.07) is 0. The van der Waals surface area contributed by atoms with Gasteiger partial charge < -0.3 is 4.74 Å². The van der Waals surface area contributed by atoms with E-state index in [9.17, 15) is 0 Å². The molecule has 0 fully saturated rings. The zero-order valence-corrected chi connectivity index (χ0v) is 23.5. The van der Waals surface area contributed by atoms with Gasteiger partial charge >= 0.3 is 0 Å². The molecule has 1 atom stereocenters. The van der Waals surface area contributed by atoms with Crippen LogP contribution in [-0.2, 0) is 4.74 Å². The zero-order valence-electron chi connectivity index (χ0n) is 23.5. The van der Waals surface area contributed by atoms with Crippen LogP contribution in [0.25, 0.3) is 0 Å². The van der Waals surface area contributed by atoms with Gasteiger partial charge in [-0.25, -0.2) is 0 Å². The van der Waals surface area contributed by atoms with Crippen molar-refractivity contribution >= 4 is 0 Å². The molecule has 32 heavy (non-hydrogen) atoms. The topological polar surface area (TPSA) is 9.23 Å². The molecule has 0 aromatic heterocycles. The second kappa shape index (κ2) is 24.1. The van der Waals surface area contributed by atoms with E-state index in [0.717, 1.165) is 0 Å². The minimum Gasteiger partial charge on any atom is -0.381 e. The fourth-order valence-electron chi connectivity index (χ4n) is 5.23. The number of hydrogen-bond donors (Lipinski definition) is 0. The van der Waals surface area contributed by atoms with Crippen LogP contribution in [-0.4, -0.2) is 13.2 Å². The third-order valence-corrected chi connectivity index (χ3v) is 7.65. The fourth-order valence-corrected chi connectivity index (χ4v) is 5.23. The lowest BCUT2D eigenvalue weighted by Gasteiger charge is -2.33. The number of methoxy groups -OCH3 is 1. The Morgan fingerprint density at radius 2 is 0.781 bits per heavy atom. The third-order valence-electron chi connectivity index (χ3n) is 7.65. The van der Waals surface area contributed by atoms with Crippen molar-refractivity contribution in [3.8, 4) is 0 Å².